The maximum absolute atomic E-state index is 13.2. The van der Waals surface area contributed by atoms with Crippen LogP contribution in [0.2, 0.25) is 0 Å². The molecule has 1 amide bonds. The number of methoxy groups -OCH3 is 1. The van der Waals surface area contributed by atoms with Crippen LogP contribution in [-0.4, -0.2) is 58.3 Å². The molecule has 0 unspecified atom stereocenters. The summed E-state index contributed by atoms with van der Waals surface area (Å²) in [5, 5.41) is 9.03. The van der Waals surface area contributed by atoms with Crippen molar-refractivity contribution in [3.8, 4) is 0 Å². The number of nitrogens with two attached hydrogens (primary N) is 1. The van der Waals surface area contributed by atoms with Crippen LogP contribution in [0, 0.1) is 5.41 Å². The number of carboxylic acid groups (broad SMARTS) is 1. The van der Waals surface area contributed by atoms with E-state index >= 15 is 0 Å². The Hall–Kier alpha value is -1.28. The van der Waals surface area contributed by atoms with Crippen LogP contribution in [0.3, 0.4) is 0 Å². The zero-order valence-corrected chi connectivity index (χ0v) is 17.1. The fourth-order valence-corrected chi connectivity index (χ4v) is 4.17. The molecule has 0 aromatic carbocycles. The maximum atomic E-state index is 13.2. The molecule has 1 rings (SSSR count). The molecule has 3 atom stereocenters. The molecule has 0 saturated heterocycles. The van der Waals surface area contributed by atoms with Crippen LogP contribution >= 0.6 is 12.6 Å². The third-order valence-corrected chi connectivity index (χ3v) is 6.21. The molecule has 0 aromatic rings. The molecule has 8 heteroatoms. The Balaban J connectivity index is 3.44. The molecular weight excluding hydrogens is 356 g/mol. The molecule has 0 radical (unpaired) electrons. The first kappa shape index (κ1) is 22.8. The number of esters is 1. The lowest BCUT2D eigenvalue weighted by Crippen LogP contribution is -2.66. The van der Waals surface area contributed by atoms with Gasteiger partial charge in [-0.3, -0.25) is 9.59 Å². The van der Waals surface area contributed by atoms with Gasteiger partial charge in [0.25, 0.3) is 0 Å². The number of carbonyl (C=O) groups is 3. The highest BCUT2D eigenvalue weighted by Gasteiger charge is 2.52. The van der Waals surface area contributed by atoms with Crippen LogP contribution < -0.4 is 5.73 Å². The summed E-state index contributed by atoms with van der Waals surface area (Å²) < 4.78 is 4.89. The molecule has 0 heterocycles. The highest BCUT2D eigenvalue weighted by molar-refractivity contribution is 7.80. The van der Waals surface area contributed by atoms with Crippen LogP contribution in [0.25, 0.3) is 0 Å². The number of thiol groups is 1. The van der Waals surface area contributed by atoms with Crippen molar-refractivity contribution < 1.29 is 24.2 Å². The average molecular weight is 389 g/mol. The molecule has 0 bridgehead atoms. The van der Waals surface area contributed by atoms with Crippen molar-refractivity contribution in [2.24, 2.45) is 11.1 Å². The number of carboxylic acids is 1. The van der Waals surface area contributed by atoms with Crippen molar-refractivity contribution in [2.75, 3.05) is 12.9 Å². The van der Waals surface area contributed by atoms with Crippen LogP contribution in [-0.2, 0) is 19.1 Å². The van der Waals surface area contributed by atoms with Crippen molar-refractivity contribution in [3.63, 3.8) is 0 Å². The zero-order valence-electron chi connectivity index (χ0n) is 16.2. The number of aliphatic carboxylic acids is 1. The first-order valence-corrected chi connectivity index (χ1v) is 9.64. The van der Waals surface area contributed by atoms with Crippen molar-refractivity contribution in [1.82, 2.24) is 4.90 Å². The summed E-state index contributed by atoms with van der Waals surface area (Å²) in [6.07, 6.45) is 4.10. The van der Waals surface area contributed by atoms with E-state index in [4.69, 9.17) is 15.6 Å². The molecular formula is C18H32N2O5S. The van der Waals surface area contributed by atoms with Gasteiger partial charge in [0.1, 0.15) is 6.04 Å². The minimum absolute atomic E-state index is 0.0733. The van der Waals surface area contributed by atoms with E-state index in [1.54, 1.807) is 0 Å². The van der Waals surface area contributed by atoms with Gasteiger partial charge in [-0.15, -0.1) is 0 Å². The van der Waals surface area contributed by atoms with E-state index < -0.39 is 41.9 Å². The van der Waals surface area contributed by atoms with E-state index in [2.05, 4.69) is 26.5 Å². The minimum Gasteiger partial charge on any atom is -0.481 e. The molecule has 1 aliphatic rings. The number of ether oxygens (including phenoxy) is 1. The molecule has 0 aliphatic heterocycles. The van der Waals surface area contributed by atoms with Gasteiger partial charge >= 0.3 is 11.9 Å². The van der Waals surface area contributed by atoms with Crippen LogP contribution in [0.15, 0.2) is 0 Å². The Morgan fingerprint density at radius 3 is 2.27 bits per heavy atom. The largest absolute Gasteiger partial charge is 0.481 e. The molecule has 7 nitrogen and oxygen atoms in total. The Labute approximate surface area is 161 Å². The summed E-state index contributed by atoms with van der Waals surface area (Å²) >= 11 is 4.27. The summed E-state index contributed by atoms with van der Waals surface area (Å²) in [5.74, 6) is -2.20. The highest BCUT2D eigenvalue weighted by Crippen LogP contribution is 2.47. The number of rotatable bonds is 7. The van der Waals surface area contributed by atoms with Crippen LogP contribution in [0.4, 0.5) is 0 Å². The third kappa shape index (κ3) is 4.71. The number of hydrogen-bond donors (Lipinski definition) is 3. The summed E-state index contributed by atoms with van der Waals surface area (Å²) in [6.45, 7) is 6.12. The van der Waals surface area contributed by atoms with E-state index in [1.807, 2.05) is 6.92 Å². The topological polar surface area (TPSA) is 110 Å². The van der Waals surface area contributed by atoms with Crippen LogP contribution in [0.1, 0.15) is 59.3 Å². The van der Waals surface area contributed by atoms with Gasteiger partial charge < -0.3 is 20.5 Å². The van der Waals surface area contributed by atoms with Gasteiger partial charge in [-0.25, -0.2) is 4.79 Å². The Morgan fingerprint density at radius 1 is 1.19 bits per heavy atom. The molecule has 1 aliphatic carbocycles. The summed E-state index contributed by atoms with van der Waals surface area (Å²) in [7, 11) is 1.26. The fourth-order valence-electron chi connectivity index (χ4n) is 3.86. The lowest BCUT2D eigenvalue weighted by atomic mass is 9.68. The maximum Gasteiger partial charge on any atom is 0.329 e. The van der Waals surface area contributed by atoms with Gasteiger partial charge in [0.05, 0.1) is 19.6 Å². The summed E-state index contributed by atoms with van der Waals surface area (Å²) in [4.78, 5) is 38.1. The van der Waals surface area contributed by atoms with E-state index in [-0.39, 0.29) is 11.2 Å². The average Bonchev–Trinajstić information content (AvgIpc) is 2.69. The minimum atomic E-state index is -1.23. The molecule has 150 valence electrons. The lowest BCUT2D eigenvalue weighted by Gasteiger charge is -2.53. The Bertz CT molecular complexity index is 540. The molecule has 1 saturated carbocycles. The van der Waals surface area contributed by atoms with Gasteiger partial charge in [-0.2, -0.15) is 12.6 Å². The van der Waals surface area contributed by atoms with E-state index in [9.17, 15) is 14.4 Å². The second-order valence-electron chi connectivity index (χ2n) is 7.85. The summed E-state index contributed by atoms with van der Waals surface area (Å²) in [6, 6.07) is -2.14. The van der Waals surface area contributed by atoms with Gasteiger partial charge in [0.15, 0.2) is 0 Å². The highest BCUT2D eigenvalue weighted by atomic mass is 32.1. The fraction of sp³-hybridized carbons (Fsp3) is 0.833. The monoisotopic (exact) mass is 388 g/mol. The first-order valence-electron chi connectivity index (χ1n) is 9.01. The van der Waals surface area contributed by atoms with E-state index in [0.717, 1.165) is 25.7 Å². The zero-order chi connectivity index (χ0) is 20.1. The number of nitrogens with zero attached hydrogens (tertiary/aromatic N) is 1. The second-order valence-corrected chi connectivity index (χ2v) is 8.22. The molecule has 26 heavy (non-hydrogen) atoms. The quantitative estimate of drug-likeness (QED) is 0.349. The van der Waals surface area contributed by atoms with Crippen molar-refractivity contribution in [2.45, 2.75) is 76.9 Å². The molecule has 3 N–H and O–H groups in total. The van der Waals surface area contributed by atoms with Gasteiger partial charge in [-0.05, 0) is 25.2 Å². The Kier molecular flexibility index (Phi) is 7.95. The van der Waals surface area contributed by atoms with Crippen molar-refractivity contribution in [3.05, 3.63) is 0 Å². The second kappa shape index (κ2) is 9.08. The van der Waals surface area contributed by atoms with Gasteiger partial charge in [0.2, 0.25) is 5.91 Å². The van der Waals surface area contributed by atoms with Gasteiger partial charge in [-0.1, -0.05) is 33.1 Å². The first-order chi connectivity index (χ1) is 12.0. The molecule has 1 fully saturated rings. The van der Waals surface area contributed by atoms with E-state index in [1.165, 1.54) is 12.0 Å². The molecule has 0 aromatic heterocycles. The van der Waals surface area contributed by atoms with Crippen LogP contribution in [0.5, 0.6) is 0 Å². The number of hydrogen-bond acceptors (Lipinski definition) is 6. The van der Waals surface area contributed by atoms with Crippen molar-refractivity contribution >= 4 is 30.5 Å². The van der Waals surface area contributed by atoms with E-state index in [0.29, 0.717) is 6.42 Å². The normalized spacial score (nSPS) is 24.8. The van der Waals surface area contributed by atoms with Crippen molar-refractivity contribution in [1.29, 1.82) is 0 Å². The Morgan fingerprint density at radius 2 is 1.77 bits per heavy atom. The molecule has 0 spiro atoms. The lowest BCUT2D eigenvalue weighted by molar-refractivity contribution is -0.164. The number of amides is 1. The smallest absolute Gasteiger partial charge is 0.329 e. The standard InChI is InChI=1S/C18H32N2O5S/c1-17(2)8-6-5-7-9-18(17,3)20(13(11-26)16(24)25-4)15(23)12(19)10-14(21)22/h12-13,26H,5-11,19H2,1-4H3,(H,21,22)/t12-,13-,18-/m0/s1. The van der Waals surface area contributed by atoms with Gasteiger partial charge in [0, 0.05) is 11.3 Å². The SMILES string of the molecule is COC(=O)[C@H](CS)N(C(=O)[C@@H](N)CC(=O)O)[C@@]1(C)CCCCCC1(C)C. The summed E-state index contributed by atoms with van der Waals surface area (Å²) in [5.41, 5.74) is 4.95. The predicted molar refractivity (Wildman–Crippen MR) is 102 cm³/mol. The number of carbonyl (C=O) groups excluding carboxylic acids is 2. The third-order valence-electron chi connectivity index (χ3n) is 5.86. The predicted octanol–water partition coefficient (Wildman–Crippen LogP) is 1.84.